The Kier molecular flexibility index (Phi) is 3.84. The number of anilines is 1. The number of rotatable bonds is 4. The van der Waals surface area contributed by atoms with Crippen molar-refractivity contribution >= 4 is 23.1 Å². The van der Waals surface area contributed by atoms with Gasteiger partial charge >= 0.3 is 0 Å². The van der Waals surface area contributed by atoms with Gasteiger partial charge < -0.3 is 10.1 Å². The van der Waals surface area contributed by atoms with Gasteiger partial charge in [-0.25, -0.2) is 0 Å². The Labute approximate surface area is 128 Å². The smallest absolute Gasteiger partial charge is 0.159 e. The minimum atomic E-state index is -0.175. The van der Waals surface area contributed by atoms with Gasteiger partial charge in [0.05, 0.1) is 13.2 Å². The number of halogens is 1. The summed E-state index contributed by atoms with van der Waals surface area (Å²) < 4.78 is 5.29. The number of hydrogen-bond acceptors (Lipinski definition) is 3. The highest BCUT2D eigenvalue weighted by Crippen LogP contribution is 2.28. The van der Waals surface area contributed by atoms with Gasteiger partial charge in [0.2, 0.25) is 0 Å². The number of Topliss-reactive ketones (excluding diaryl/α,β-unsaturated/α-hetero) is 1. The van der Waals surface area contributed by atoms with Crippen LogP contribution in [-0.4, -0.2) is 18.9 Å². The van der Waals surface area contributed by atoms with E-state index in [1.165, 1.54) is 5.56 Å². The third-order valence-electron chi connectivity index (χ3n) is 3.77. The first-order valence-electron chi connectivity index (χ1n) is 6.87. The normalized spacial score (nSPS) is 16.2. The van der Waals surface area contributed by atoms with Crippen LogP contribution in [0.25, 0.3) is 0 Å². The van der Waals surface area contributed by atoms with Crippen molar-refractivity contribution in [2.45, 2.75) is 18.9 Å². The molecule has 0 amide bonds. The Balaban J connectivity index is 1.75. The van der Waals surface area contributed by atoms with Gasteiger partial charge in [0, 0.05) is 29.1 Å². The Morgan fingerprint density at radius 1 is 1.33 bits per heavy atom. The molecule has 21 heavy (non-hydrogen) atoms. The molecule has 0 fully saturated rings. The van der Waals surface area contributed by atoms with Crippen LogP contribution in [0.5, 0.6) is 5.75 Å². The maximum atomic E-state index is 12.5. The first-order chi connectivity index (χ1) is 10.2. The molecule has 0 saturated heterocycles. The molecule has 0 saturated carbocycles. The first-order valence-corrected chi connectivity index (χ1v) is 7.25. The molecule has 1 atom stereocenters. The monoisotopic (exact) mass is 301 g/mol. The second-order valence-electron chi connectivity index (χ2n) is 5.16. The SMILES string of the molecule is COc1ccc(Cl)cc1CC(=O)C1Cc2ccccc2N1. The highest BCUT2D eigenvalue weighted by Gasteiger charge is 2.26. The second kappa shape index (κ2) is 5.78. The summed E-state index contributed by atoms with van der Waals surface area (Å²) in [4.78, 5) is 12.5. The van der Waals surface area contributed by atoms with E-state index in [9.17, 15) is 4.79 Å². The Morgan fingerprint density at radius 3 is 2.90 bits per heavy atom. The fourth-order valence-electron chi connectivity index (χ4n) is 2.69. The van der Waals surface area contributed by atoms with Crippen molar-refractivity contribution in [2.24, 2.45) is 0 Å². The third kappa shape index (κ3) is 2.88. The van der Waals surface area contributed by atoms with Gasteiger partial charge in [-0.3, -0.25) is 4.79 Å². The zero-order valence-electron chi connectivity index (χ0n) is 11.7. The average molecular weight is 302 g/mol. The summed E-state index contributed by atoms with van der Waals surface area (Å²) in [6, 6.07) is 13.2. The van der Waals surface area contributed by atoms with Gasteiger partial charge in [0.25, 0.3) is 0 Å². The summed E-state index contributed by atoms with van der Waals surface area (Å²) in [5.74, 6) is 0.843. The second-order valence-corrected chi connectivity index (χ2v) is 5.59. The maximum Gasteiger partial charge on any atom is 0.159 e. The largest absolute Gasteiger partial charge is 0.496 e. The molecule has 4 heteroatoms. The Bertz CT molecular complexity index is 659. The lowest BCUT2D eigenvalue weighted by atomic mass is 10.0. The Hall–Kier alpha value is -2.00. The summed E-state index contributed by atoms with van der Waals surface area (Å²) in [6.45, 7) is 0. The van der Waals surface area contributed by atoms with Crippen LogP contribution in [0, 0.1) is 0 Å². The standard InChI is InChI=1S/C17H16ClNO2/c1-21-17-7-6-13(18)8-12(17)10-16(20)15-9-11-4-2-3-5-14(11)19-15/h2-8,15,19H,9-10H2,1H3. The number of para-hydroxylation sites is 1. The summed E-state index contributed by atoms with van der Waals surface area (Å²) in [6.07, 6.45) is 1.05. The first kappa shape index (κ1) is 14.0. The lowest BCUT2D eigenvalue weighted by Gasteiger charge is -2.12. The third-order valence-corrected chi connectivity index (χ3v) is 4.00. The summed E-state index contributed by atoms with van der Waals surface area (Å²) in [5.41, 5.74) is 3.07. The maximum absolute atomic E-state index is 12.5. The predicted octanol–water partition coefficient (Wildman–Crippen LogP) is 3.50. The van der Waals surface area contributed by atoms with E-state index in [-0.39, 0.29) is 11.8 Å². The van der Waals surface area contributed by atoms with Crippen LogP contribution in [0.1, 0.15) is 11.1 Å². The van der Waals surface area contributed by atoms with Crippen molar-refractivity contribution in [3.05, 3.63) is 58.6 Å². The van der Waals surface area contributed by atoms with Crippen LogP contribution in [-0.2, 0) is 17.6 Å². The molecular formula is C17H16ClNO2. The van der Waals surface area contributed by atoms with E-state index >= 15 is 0 Å². The number of fused-ring (bicyclic) bond motifs is 1. The zero-order chi connectivity index (χ0) is 14.8. The number of benzene rings is 2. The van der Waals surface area contributed by atoms with Crippen LogP contribution >= 0.6 is 11.6 Å². The highest BCUT2D eigenvalue weighted by molar-refractivity contribution is 6.30. The number of methoxy groups -OCH3 is 1. The van der Waals surface area contributed by atoms with Gasteiger partial charge in [-0.1, -0.05) is 29.8 Å². The lowest BCUT2D eigenvalue weighted by Crippen LogP contribution is -2.28. The number of nitrogens with one attached hydrogen (secondary N) is 1. The quantitative estimate of drug-likeness (QED) is 0.939. The molecule has 0 spiro atoms. The topological polar surface area (TPSA) is 38.3 Å². The molecule has 3 nitrogen and oxygen atoms in total. The fraction of sp³-hybridized carbons (Fsp3) is 0.235. The molecule has 3 rings (SSSR count). The van der Waals surface area contributed by atoms with Crippen LogP contribution < -0.4 is 10.1 Å². The summed E-state index contributed by atoms with van der Waals surface area (Å²) in [5, 5.41) is 3.90. The number of hydrogen-bond donors (Lipinski definition) is 1. The average Bonchev–Trinajstić information content (AvgIpc) is 2.91. The number of carbonyl (C=O) groups is 1. The number of ketones is 1. The number of carbonyl (C=O) groups excluding carboxylic acids is 1. The molecular weight excluding hydrogens is 286 g/mol. The van der Waals surface area contributed by atoms with Gasteiger partial charge in [0.1, 0.15) is 5.75 Å². The minimum absolute atomic E-state index is 0.145. The van der Waals surface area contributed by atoms with E-state index in [4.69, 9.17) is 16.3 Å². The van der Waals surface area contributed by atoms with E-state index in [2.05, 4.69) is 11.4 Å². The van der Waals surface area contributed by atoms with Gasteiger partial charge in [-0.05, 0) is 29.8 Å². The molecule has 2 aromatic carbocycles. The predicted molar refractivity (Wildman–Crippen MR) is 84.3 cm³/mol. The van der Waals surface area contributed by atoms with Gasteiger partial charge in [-0.15, -0.1) is 0 Å². The van der Waals surface area contributed by atoms with Crippen molar-refractivity contribution in [1.82, 2.24) is 0 Å². The fourth-order valence-corrected chi connectivity index (χ4v) is 2.88. The molecule has 1 heterocycles. The summed E-state index contributed by atoms with van der Waals surface area (Å²) >= 11 is 6.01. The van der Waals surface area contributed by atoms with Crippen molar-refractivity contribution in [2.75, 3.05) is 12.4 Å². The van der Waals surface area contributed by atoms with Crippen LogP contribution in [0.3, 0.4) is 0 Å². The van der Waals surface area contributed by atoms with Crippen molar-refractivity contribution in [3.63, 3.8) is 0 Å². The molecule has 2 aromatic rings. The molecule has 108 valence electrons. The van der Waals surface area contributed by atoms with E-state index in [0.29, 0.717) is 17.2 Å². The molecule has 0 radical (unpaired) electrons. The van der Waals surface area contributed by atoms with E-state index in [0.717, 1.165) is 17.7 Å². The minimum Gasteiger partial charge on any atom is -0.496 e. The van der Waals surface area contributed by atoms with E-state index < -0.39 is 0 Å². The van der Waals surface area contributed by atoms with Crippen LogP contribution in [0.15, 0.2) is 42.5 Å². The molecule has 1 unspecified atom stereocenters. The molecule has 0 bridgehead atoms. The number of ether oxygens (including phenoxy) is 1. The lowest BCUT2D eigenvalue weighted by molar-refractivity contribution is -0.119. The van der Waals surface area contributed by atoms with Gasteiger partial charge in [0.15, 0.2) is 5.78 Å². The molecule has 1 N–H and O–H groups in total. The summed E-state index contributed by atoms with van der Waals surface area (Å²) in [7, 11) is 1.60. The van der Waals surface area contributed by atoms with Crippen LogP contribution in [0.4, 0.5) is 5.69 Å². The van der Waals surface area contributed by atoms with Crippen molar-refractivity contribution in [1.29, 1.82) is 0 Å². The van der Waals surface area contributed by atoms with Crippen molar-refractivity contribution in [3.8, 4) is 5.75 Å². The van der Waals surface area contributed by atoms with Crippen LogP contribution in [0.2, 0.25) is 5.02 Å². The van der Waals surface area contributed by atoms with E-state index in [1.807, 2.05) is 18.2 Å². The molecule has 0 aliphatic carbocycles. The van der Waals surface area contributed by atoms with Gasteiger partial charge in [-0.2, -0.15) is 0 Å². The zero-order valence-corrected chi connectivity index (χ0v) is 12.5. The molecule has 1 aliphatic heterocycles. The molecule has 1 aliphatic rings. The molecule has 0 aromatic heterocycles. The highest BCUT2D eigenvalue weighted by atomic mass is 35.5. The van der Waals surface area contributed by atoms with Crippen molar-refractivity contribution < 1.29 is 9.53 Å². The van der Waals surface area contributed by atoms with E-state index in [1.54, 1.807) is 25.3 Å². The Morgan fingerprint density at radius 2 is 2.14 bits per heavy atom.